The summed E-state index contributed by atoms with van der Waals surface area (Å²) in [7, 11) is 0. The summed E-state index contributed by atoms with van der Waals surface area (Å²) in [5.74, 6) is -1.03. The van der Waals surface area contributed by atoms with Gasteiger partial charge in [0.1, 0.15) is 0 Å². The summed E-state index contributed by atoms with van der Waals surface area (Å²) in [5, 5.41) is 10.4. The molecular weight excluding hydrogens is 278 g/mol. The van der Waals surface area contributed by atoms with Gasteiger partial charge in [0.25, 0.3) is 0 Å². The van der Waals surface area contributed by atoms with Crippen LogP contribution in [-0.2, 0) is 15.1 Å². The Hall–Kier alpha value is -1.55. The molecule has 0 aliphatic heterocycles. The fourth-order valence-electron chi connectivity index (χ4n) is 2.82. The van der Waals surface area contributed by atoms with E-state index < -0.39 is 11.5 Å². The summed E-state index contributed by atoms with van der Waals surface area (Å²) in [6.07, 6.45) is 2.27. The summed E-state index contributed by atoms with van der Waals surface area (Å²) >= 11 is 5.88. The number of carbonyl (C=O) groups excluding carboxylic acids is 1. The summed E-state index contributed by atoms with van der Waals surface area (Å²) in [6.45, 7) is 3.65. The molecule has 0 aromatic heterocycles. The minimum absolute atomic E-state index is 0.0474. The van der Waals surface area contributed by atoms with Gasteiger partial charge in [0.15, 0.2) is 5.54 Å². The van der Waals surface area contributed by atoms with E-state index in [0.717, 1.165) is 12.8 Å². The molecule has 20 heavy (non-hydrogen) atoms. The number of carbonyl (C=O) groups is 2. The molecule has 1 fully saturated rings. The Labute approximate surface area is 123 Å². The quantitative estimate of drug-likeness (QED) is 0.821. The molecule has 0 heterocycles. The first-order chi connectivity index (χ1) is 9.44. The molecule has 1 unspecified atom stereocenters. The minimum atomic E-state index is -1.29. The highest BCUT2D eigenvalue weighted by Gasteiger charge is 2.57. The summed E-state index contributed by atoms with van der Waals surface area (Å²) in [4.78, 5) is 25.0. The number of aliphatic carboxylic acids is 1. The molecule has 4 nitrogen and oxygen atoms in total. The fraction of sp³-hybridized carbons (Fsp3) is 0.467. The van der Waals surface area contributed by atoms with Crippen LogP contribution in [0.4, 0.5) is 0 Å². The smallest absolute Gasteiger partial charge is 0.334 e. The number of carboxylic acids is 1. The number of hydrogen-bond donors (Lipinski definition) is 1. The molecule has 1 saturated carbocycles. The molecule has 5 heteroatoms. The van der Waals surface area contributed by atoms with Crippen LogP contribution in [0.25, 0.3) is 0 Å². The number of nitrogens with zero attached hydrogens (tertiary/aromatic N) is 1. The third-order valence-corrected chi connectivity index (χ3v) is 4.11. The average molecular weight is 296 g/mol. The number of hydrogen-bond acceptors (Lipinski definition) is 2. The van der Waals surface area contributed by atoms with Crippen molar-refractivity contribution in [1.29, 1.82) is 0 Å². The summed E-state index contributed by atoms with van der Waals surface area (Å²) < 4.78 is 0. The minimum Gasteiger partial charge on any atom is -0.479 e. The van der Waals surface area contributed by atoms with Gasteiger partial charge in [-0.1, -0.05) is 23.7 Å². The van der Waals surface area contributed by atoms with E-state index in [1.165, 1.54) is 4.90 Å². The number of carboxylic acid groups (broad SMARTS) is 1. The van der Waals surface area contributed by atoms with E-state index in [1.54, 1.807) is 24.3 Å². The highest BCUT2D eigenvalue weighted by molar-refractivity contribution is 6.30. The Morgan fingerprint density at radius 3 is 2.30 bits per heavy atom. The average Bonchev–Trinajstić information content (AvgIpc) is 3.20. The van der Waals surface area contributed by atoms with E-state index in [9.17, 15) is 14.7 Å². The van der Waals surface area contributed by atoms with Gasteiger partial charge in [0.05, 0.1) is 0 Å². The molecule has 108 valence electrons. The summed E-state index contributed by atoms with van der Waals surface area (Å²) in [5.41, 5.74) is -0.682. The van der Waals surface area contributed by atoms with Crippen molar-refractivity contribution in [2.75, 3.05) is 0 Å². The van der Waals surface area contributed by atoms with Crippen LogP contribution in [0.2, 0.25) is 5.02 Å². The van der Waals surface area contributed by atoms with Gasteiger partial charge in [-0.05, 0) is 50.3 Å². The first-order valence-electron chi connectivity index (χ1n) is 6.67. The van der Waals surface area contributed by atoms with Crippen LogP contribution in [0.3, 0.4) is 0 Å². The summed E-state index contributed by atoms with van der Waals surface area (Å²) in [6, 6.07) is 6.54. The Balaban J connectivity index is 2.61. The van der Waals surface area contributed by atoms with Crippen molar-refractivity contribution in [2.24, 2.45) is 5.92 Å². The van der Waals surface area contributed by atoms with Gasteiger partial charge in [-0.25, -0.2) is 4.79 Å². The van der Waals surface area contributed by atoms with E-state index >= 15 is 0 Å². The maximum atomic E-state index is 12.1. The Morgan fingerprint density at radius 1 is 1.40 bits per heavy atom. The van der Waals surface area contributed by atoms with Crippen molar-refractivity contribution >= 4 is 24.0 Å². The number of halogens is 1. The van der Waals surface area contributed by atoms with Crippen LogP contribution >= 0.6 is 11.6 Å². The first-order valence-corrected chi connectivity index (χ1v) is 7.05. The lowest BCUT2D eigenvalue weighted by Gasteiger charge is -2.41. The van der Waals surface area contributed by atoms with Crippen molar-refractivity contribution in [3.63, 3.8) is 0 Å². The molecule has 0 bridgehead atoms. The van der Waals surface area contributed by atoms with Gasteiger partial charge in [0, 0.05) is 11.1 Å². The van der Waals surface area contributed by atoms with Crippen LogP contribution in [0.15, 0.2) is 24.3 Å². The van der Waals surface area contributed by atoms with Crippen LogP contribution in [-0.4, -0.2) is 28.4 Å². The highest BCUT2D eigenvalue weighted by Crippen LogP contribution is 2.50. The van der Waals surface area contributed by atoms with Crippen LogP contribution in [0.5, 0.6) is 0 Å². The van der Waals surface area contributed by atoms with E-state index in [4.69, 9.17) is 11.6 Å². The highest BCUT2D eigenvalue weighted by atomic mass is 35.5. The van der Waals surface area contributed by atoms with Gasteiger partial charge in [-0.15, -0.1) is 0 Å². The van der Waals surface area contributed by atoms with Crippen molar-refractivity contribution in [2.45, 2.75) is 38.3 Å². The molecule has 0 radical (unpaired) electrons. The molecule has 1 aromatic rings. The van der Waals surface area contributed by atoms with E-state index in [1.807, 2.05) is 13.8 Å². The Kier molecular flexibility index (Phi) is 4.04. The second kappa shape index (κ2) is 5.44. The lowest BCUT2D eigenvalue weighted by molar-refractivity contribution is -0.160. The number of benzene rings is 1. The molecule has 1 aliphatic rings. The monoisotopic (exact) mass is 295 g/mol. The van der Waals surface area contributed by atoms with Gasteiger partial charge in [0.2, 0.25) is 6.41 Å². The zero-order valence-electron chi connectivity index (χ0n) is 11.5. The lowest BCUT2D eigenvalue weighted by atomic mass is 9.82. The van der Waals surface area contributed by atoms with Gasteiger partial charge >= 0.3 is 5.97 Å². The van der Waals surface area contributed by atoms with Crippen molar-refractivity contribution in [3.05, 3.63) is 34.9 Å². The third kappa shape index (κ3) is 2.29. The van der Waals surface area contributed by atoms with Crippen LogP contribution < -0.4 is 0 Å². The van der Waals surface area contributed by atoms with E-state index in [-0.39, 0.29) is 12.0 Å². The predicted molar refractivity (Wildman–Crippen MR) is 76.5 cm³/mol. The second-order valence-electron chi connectivity index (χ2n) is 5.46. The largest absolute Gasteiger partial charge is 0.479 e. The van der Waals surface area contributed by atoms with Gasteiger partial charge in [-0.2, -0.15) is 0 Å². The maximum absolute atomic E-state index is 12.1. The zero-order chi connectivity index (χ0) is 14.9. The van der Waals surface area contributed by atoms with E-state index in [2.05, 4.69) is 0 Å². The maximum Gasteiger partial charge on any atom is 0.334 e. The van der Waals surface area contributed by atoms with Crippen LogP contribution in [0, 0.1) is 5.92 Å². The second-order valence-corrected chi connectivity index (χ2v) is 5.90. The lowest BCUT2D eigenvalue weighted by Crippen LogP contribution is -2.55. The standard InChI is InChI=1S/C15H18ClNO3/c1-10(2)17(9-18)15(14(19)20,11-3-4-11)12-5-7-13(16)8-6-12/h5-11H,3-4H2,1-2H3,(H,19,20). The molecule has 0 spiro atoms. The zero-order valence-corrected chi connectivity index (χ0v) is 12.3. The Bertz CT molecular complexity index is 510. The molecule has 2 rings (SSSR count). The molecular formula is C15H18ClNO3. The first kappa shape index (κ1) is 14.9. The Morgan fingerprint density at radius 2 is 1.95 bits per heavy atom. The van der Waals surface area contributed by atoms with Crippen molar-refractivity contribution in [1.82, 2.24) is 4.90 Å². The number of rotatable bonds is 6. The fourth-order valence-corrected chi connectivity index (χ4v) is 2.95. The molecule has 0 saturated heterocycles. The van der Waals surface area contributed by atoms with Gasteiger partial charge in [-0.3, -0.25) is 4.79 Å². The van der Waals surface area contributed by atoms with Crippen molar-refractivity contribution < 1.29 is 14.7 Å². The molecule has 1 aliphatic carbocycles. The van der Waals surface area contributed by atoms with Gasteiger partial charge < -0.3 is 10.0 Å². The van der Waals surface area contributed by atoms with Crippen molar-refractivity contribution in [3.8, 4) is 0 Å². The topological polar surface area (TPSA) is 57.6 Å². The van der Waals surface area contributed by atoms with Crippen LogP contribution in [0.1, 0.15) is 32.3 Å². The molecule has 1 atom stereocenters. The predicted octanol–water partition coefficient (Wildman–Crippen LogP) is 2.90. The molecule has 1 amide bonds. The normalized spacial score (nSPS) is 17.6. The van der Waals surface area contributed by atoms with E-state index in [0.29, 0.717) is 17.0 Å². The SMILES string of the molecule is CC(C)N(C=O)C(C(=O)O)(c1ccc(Cl)cc1)C1CC1. The third-order valence-electron chi connectivity index (χ3n) is 3.86. The molecule has 1 N–H and O–H groups in total. The molecule has 1 aromatic carbocycles. The number of amides is 1.